The van der Waals surface area contributed by atoms with E-state index in [1.54, 1.807) is 11.5 Å². The van der Waals surface area contributed by atoms with Crippen LogP contribution in [0.2, 0.25) is 0 Å². The number of carbonyl (C=O) groups excluding carboxylic acids is 1. The van der Waals surface area contributed by atoms with E-state index in [0.717, 1.165) is 18.6 Å². The van der Waals surface area contributed by atoms with Gasteiger partial charge < -0.3 is 9.88 Å². The molecular weight excluding hydrogens is 276 g/mol. The minimum absolute atomic E-state index is 0.167. The number of benzene rings is 1. The van der Waals surface area contributed by atoms with E-state index in [0.29, 0.717) is 23.5 Å². The molecule has 0 aliphatic heterocycles. The first-order chi connectivity index (χ1) is 9.90. The van der Waals surface area contributed by atoms with Crippen molar-refractivity contribution in [3.63, 3.8) is 0 Å². The van der Waals surface area contributed by atoms with Crippen molar-refractivity contribution in [2.75, 3.05) is 6.54 Å². The molecule has 2 aromatic rings. The maximum atomic E-state index is 13.3. The Kier molecular flexibility index (Phi) is 4.55. The summed E-state index contributed by atoms with van der Waals surface area (Å²) in [5, 5.41) is 2.84. The van der Waals surface area contributed by atoms with Crippen LogP contribution in [-0.4, -0.2) is 22.0 Å². The molecule has 0 spiro atoms. The number of amides is 1. The normalized spacial score (nSPS) is 12.9. The van der Waals surface area contributed by atoms with Crippen molar-refractivity contribution in [2.24, 2.45) is 5.92 Å². The van der Waals surface area contributed by atoms with Crippen LogP contribution in [0.5, 0.6) is 0 Å². The lowest BCUT2D eigenvalue weighted by Gasteiger charge is -2.15. The highest BCUT2D eigenvalue weighted by Crippen LogP contribution is 2.21. The molecule has 1 N–H and O–H groups in total. The highest BCUT2D eigenvalue weighted by atomic mass is 19.2. The van der Waals surface area contributed by atoms with Gasteiger partial charge in [0, 0.05) is 18.7 Å². The summed E-state index contributed by atoms with van der Waals surface area (Å²) in [6.45, 7) is 6.45. The van der Waals surface area contributed by atoms with E-state index in [1.165, 1.54) is 6.33 Å². The summed E-state index contributed by atoms with van der Waals surface area (Å²) >= 11 is 0. The van der Waals surface area contributed by atoms with Crippen molar-refractivity contribution in [2.45, 2.75) is 33.2 Å². The first-order valence-corrected chi connectivity index (χ1v) is 6.99. The largest absolute Gasteiger partial charge is 0.354 e. The number of rotatable bonds is 5. The fourth-order valence-electron chi connectivity index (χ4n) is 2.09. The van der Waals surface area contributed by atoms with E-state index < -0.39 is 17.7 Å². The van der Waals surface area contributed by atoms with Gasteiger partial charge in [0.15, 0.2) is 11.6 Å². The standard InChI is InChI=1S/C15H19F2N3O/c1-9(2)4-5-18-15(21)10(3)20-8-19-13-6-11(16)12(17)7-14(13)20/h6-10H,4-5H2,1-3H3,(H,18,21). The van der Waals surface area contributed by atoms with Gasteiger partial charge in [-0.3, -0.25) is 4.79 Å². The van der Waals surface area contributed by atoms with Gasteiger partial charge in [0.05, 0.1) is 17.4 Å². The molecule has 1 unspecified atom stereocenters. The Balaban J connectivity index is 2.17. The van der Waals surface area contributed by atoms with Crippen LogP contribution in [0.1, 0.15) is 33.2 Å². The van der Waals surface area contributed by atoms with E-state index in [9.17, 15) is 13.6 Å². The van der Waals surface area contributed by atoms with Gasteiger partial charge in [-0.2, -0.15) is 0 Å². The fraction of sp³-hybridized carbons (Fsp3) is 0.467. The predicted octanol–water partition coefficient (Wildman–Crippen LogP) is 3.04. The van der Waals surface area contributed by atoms with Crippen molar-refractivity contribution in [1.82, 2.24) is 14.9 Å². The Bertz CT molecular complexity index is 652. The monoisotopic (exact) mass is 295 g/mol. The number of nitrogens with zero attached hydrogens (tertiary/aromatic N) is 2. The molecule has 114 valence electrons. The molecule has 0 bridgehead atoms. The van der Waals surface area contributed by atoms with Crippen LogP contribution in [0.25, 0.3) is 11.0 Å². The van der Waals surface area contributed by atoms with Crippen LogP contribution >= 0.6 is 0 Å². The molecule has 0 aliphatic rings. The summed E-state index contributed by atoms with van der Waals surface area (Å²) < 4.78 is 28.0. The molecule has 1 heterocycles. The van der Waals surface area contributed by atoms with Gasteiger partial charge in [0.1, 0.15) is 6.04 Å². The molecule has 0 saturated heterocycles. The SMILES string of the molecule is CC(C)CCNC(=O)C(C)n1cnc2cc(F)c(F)cc21. The number of halogens is 2. The van der Waals surface area contributed by atoms with Crippen molar-refractivity contribution in [3.05, 3.63) is 30.1 Å². The van der Waals surface area contributed by atoms with Gasteiger partial charge in [-0.15, -0.1) is 0 Å². The maximum Gasteiger partial charge on any atom is 0.242 e. The lowest BCUT2D eigenvalue weighted by atomic mass is 10.1. The molecule has 0 fully saturated rings. The van der Waals surface area contributed by atoms with Gasteiger partial charge in [-0.1, -0.05) is 13.8 Å². The minimum Gasteiger partial charge on any atom is -0.354 e. The van der Waals surface area contributed by atoms with E-state index in [1.807, 2.05) is 0 Å². The second-order valence-corrected chi connectivity index (χ2v) is 5.56. The second kappa shape index (κ2) is 6.20. The zero-order valence-corrected chi connectivity index (χ0v) is 12.4. The highest BCUT2D eigenvalue weighted by molar-refractivity contribution is 5.83. The molecule has 2 rings (SSSR count). The molecule has 0 radical (unpaired) electrons. The summed E-state index contributed by atoms with van der Waals surface area (Å²) in [4.78, 5) is 16.1. The third kappa shape index (κ3) is 3.37. The van der Waals surface area contributed by atoms with Crippen molar-refractivity contribution >= 4 is 16.9 Å². The zero-order valence-electron chi connectivity index (χ0n) is 12.4. The van der Waals surface area contributed by atoms with Crippen LogP contribution < -0.4 is 5.32 Å². The topological polar surface area (TPSA) is 46.9 Å². The van der Waals surface area contributed by atoms with Crippen LogP contribution in [0.15, 0.2) is 18.5 Å². The first kappa shape index (κ1) is 15.4. The molecule has 4 nitrogen and oxygen atoms in total. The molecule has 6 heteroatoms. The summed E-state index contributed by atoms with van der Waals surface area (Å²) in [5.74, 6) is -1.55. The number of imidazole rings is 1. The molecule has 1 atom stereocenters. The number of nitrogens with one attached hydrogen (secondary N) is 1. The smallest absolute Gasteiger partial charge is 0.242 e. The number of carbonyl (C=O) groups is 1. The lowest BCUT2D eigenvalue weighted by Crippen LogP contribution is -2.32. The van der Waals surface area contributed by atoms with Gasteiger partial charge >= 0.3 is 0 Å². The lowest BCUT2D eigenvalue weighted by molar-refractivity contribution is -0.123. The molecule has 0 saturated carbocycles. The number of hydrogen-bond acceptors (Lipinski definition) is 2. The zero-order chi connectivity index (χ0) is 15.6. The third-order valence-electron chi connectivity index (χ3n) is 3.43. The molecule has 21 heavy (non-hydrogen) atoms. The number of aromatic nitrogens is 2. The molecule has 0 aliphatic carbocycles. The summed E-state index contributed by atoms with van der Waals surface area (Å²) in [6, 6.07) is 1.56. The number of fused-ring (bicyclic) bond motifs is 1. The van der Waals surface area contributed by atoms with Crippen LogP contribution in [-0.2, 0) is 4.79 Å². The maximum absolute atomic E-state index is 13.3. The van der Waals surface area contributed by atoms with E-state index in [-0.39, 0.29) is 5.91 Å². The van der Waals surface area contributed by atoms with Gasteiger partial charge in [-0.25, -0.2) is 13.8 Å². The molecule has 1 aromatic carbocycles. The Morgan fingerprint density at radius 3 is 2.62 bits per heavy atom. The summed E-state index contributed by atoms with van der Waals surface area (Å²) in [6.07, 6.45) is 2.32. The van der Waals surface area contributed by atoms with E-state index >= 15 is 0 Å². The Hall–Kier alpha value is -1.98. The Morgan fingerprint density at radius 2 is 1.95 bits per heavy atom. The van der Waals surface area contributed by atoms with Gasteiger partial charge in [0.2, 0.25) is 5.91 Å². The highest BCUT2D eigenvalue weighted by Gasteiger charge is 2.18. The fourth-order valence-corrected chi connectivity index (χ4v) is 2.09. The van der Waals surface area contributed by atoms with Crippen LogP contribution in [0.4, 0.5) is 8.78 Å². The summed E-state index contributed by atoms with van der Waals surface area (Å²) in [7, 11) is 0. The van der Waals surface area contributed by atoms with Gasteiger partial charge in [-0.05, 0) is 19.3 Å². The summed E-state index contributed by atoms with van der Waals surface area (Å²) in [5.41, 5.74) is 0.733. The number of hydrogen-bond donors (Lipinski definition) is 1. The van der Waals surface area contributed by atoms with Crippen LogP contribution in [0, 0.1) is 17.6 Å². The molecular formula is C15H19F2N3O. The van der Waals surface area contributed by atoms with Crippen LogP contribution in [0.3, 0.4) is 0 Å². The molecule has 1 aromatic heterocycles. The quantitative estimate of drug-likeness (QED) is 0.921. The minimum atomic E-state index is -0.948. The van der Waals surface area contributed by atoms with E-state index in [4.69, 9.17) is 0 Å². The average molecular weight is 295 g/mol. The van der Waals surface area contributed by atoms with E-state index in [2.05, 4.69) is 24.1 Å². The average Bonchev–Trinajstić information content (AvgIpc) is 2.80. The van der Waals surface area contributed by atoms with Crippen molar-refractivity contribution in [1.29, 1.82) is 0 Å². The predicted molar refractivity (Wildman–Crippen MR) is 76.8 cm³/mol. The second-order valence-electron chi connectivity index (χ2n) is 5.56. The Labute approximate surface area is 122 Å². The first-order valence-electron chi connectivity index (χ1n) is 6.99. The Morgan fingerprint density at radius 1 is 1.29 bits per heavy atom. The van der Waals surface area contributed by atoms with Crippen molar-refractivity contribution < 1.29 is 13.6 Å². The van der Waals surface area contributed by atoms with Crippen molar-refractivity contribution in [3.8, 4) is 0 Å². The third-order valence-corrected chi connectivity index (χ3v) is 3.43. The molecule has 1 amide bonds. The van der Waals surface area contributed by atoms with Gasteiger partial charge in [0.25, 0.3) is 0 Å².